The molecule has 0 spiro atoms. The van der Waals surface area contributed by atoms with E-state index in [0.717, 1.165) is 18.9 Å². The molecule has 3 aromatic rings. The molecule has 1 N–H and O–H groups in total. The predicted molar refractivity (Wildman–Crippen MR) is 115 cm³/mol. The number of hydrogen-bond acceptors (Lipinski definition) is 4. The topological polar surface area (TPSA) is 74.0 Å². The lowest BCUT2D eigenvalue weighted by atomic mass is 10.2. The van der Waals surface area contributed by atoms with Crippen LogP contribution in [0.5, 0.6) is 5.75 Å². The second-order valence-corrected chi connectivity index (χ2v) is 8.49. The molecule has 1 aliphatic rings. The fraction of sp³-hybridized carbons (Fsp3) is 0.381. The highest BCUT2D eigenvalue weighted by Gasteiger charge is 2.37. The van der Waals surface area contributed by atoms with Gasteiger partial charge in [-0.25, -0.2) is 4.68 Å². The summed E-state index contributed by atoms with van der Waals surface area (Å²) in [4.78, 5) is 12.3. The Morgan fingerprint density at radius 3 is 2.67 bits per heavy atom. The number of halogens is 5. The molecular weight excluding hydrogens is 482 g/mol. The minimum absolute atomic E-state index is 0.0411. The summed E-state index contributed by atoms with van der Waals surface area (Å²) in [6.07, 6.45) is -0.705. The lowest BCUT2D eigenvalue weighted by molar-refractivity contribution is -0.141. The number of rotatable bonds is 9. The maximum atomic E-state index is 13.0. The molecule has 2 heterocycles. The molecule has 2 aromatic heterocycles. The summed E-state index contributed by atoms with van der Waals surface area (Å²) >= 11 is 11.9. The van der Waals surface area contributed by atoms with Gasteiger partial charge in [-0.05, 0) is 49.6 Å². The van der Waals surface area contributed by atoms with Crippen LogP contribution in [0.25, 0.3) is 0 Å². The van der Waals surface area contributed by atoms with Gasteiger partial charge in [0.1, 0.15) is 11.4 Å². The highest BCUT2D eigenvalue weighted by atomic mass is 35.5. The quantitative estimate of drug-likeness (QED) is 0.412. The Morgan fingerprint density at radius 1 is 1.18 bits per heavy atom. The van der Waals surface area contributed by atoms with Crippen molar-refractivity contribution in [3.63, 3.8) is 0 Å². The van der Waals surface area contributed by atoms with Gasteiger partial charge in [0.25, 0.3) is 5.91 Å². The summed E-state index contributed by atoms with van der Waals surface area (Å²) in [5, 5.41) is 11.4. The van der Waals surface area contributed by atoms with Crippen molar-refractivity contribution in [1.29, 1.82) is 0 Å². The van der Waals surface area contributed by atoms with E-state index >= 15 is 0 Å². The first kappa shape index (κ1) is 23.4. The monoisotopic (exact) mass is 501 g/mol. The number of aromatic nitrogens is 4. The van der Waals surface area contributed by atoms with Gasteiger partial charge in [-0.1, -0.05) is 23.2 Å². The van der Waals surface area contributed by atoms with Crippen LogP contribution in [0.15, 0.2) is 36.5 Å². The van der Waals surface area contributed by atoms with Crippen LogP contribution in [0.4, 0.5) is 13.2 Å². The van der Waals surface area contributed by atoms with Crippen LogP contribution in [0.1, 0.15) is 47.1 Å². The van der Waals surface area contributed by atoms with Crippen molar-refractivity contribution in [3.8, 4) is 5.75 Å². The zero-order valence-corrected chi connectivity index (χ0v) is 18.8. The van der Waals surface area contributed by atoms with Crippen LogP contribution in [0.2, 0.25) is 10.0 Å². The van der Waals surface area contributed by atoms with E-state index in [1.165, 1.54) is 15.4 Å². The fourth-order valence-corrected chi connectivity index (χ4v) is 3.72. The highest BCUT2D eigenvalue weighted by molar-refractivity contribution is 6.35. The summed E-state index contributed by atoms with van der Waals surface area (Å²) in [7, 11) is 0. The number of carbonyl (C=O) groups excluding carboxylic acids is 1. The predicted octanol–water partition coefficient (Wildman–Crippen LogP) is 5.14. The van der Waals surface area contributed by atoms with E-state index in [1.807, 2.05) is 0 Å². The molecule has 1 amide bonds. The minimum atomic E-state index is -4.47. The van der Waals surface area contributed by atoms with Gasteiger partial charge in [-0.3, -0.25) is 9.48 Å². The smallest absolute Gasteiger partial charge is 0.435 e. The van der Waals surface area contributed by atoms with E-state index in [1.54, 1.807) is 24.4 Å². The normalized spacial score (nSPS) is 13.8. The number of carbonyl (C=O) groups is 1. The molecule has 0 bridgehead atoms. The van der Waals surface area contributed by atoms with E-state index in [0.29, 0.717) is 27.9 Å². The summed E-state index contributed by atoms with van der Waals surface area (Å²) in [5.41, 5.74) is -0.0767. The lowest BCUT2D eigenvalue weighted by Gasteiger charge is -2.08. The molecule has 0 aliphatic heterocycles. The van der Waals surface area contributed by atoms with Crippen molar-refractivity contribution in [1.82, 2.24) is 24.9 Å². The van der Waals surface area contributed by atoms with Crippen molar-refractivity contribution >= 4 is 29.1 Å². The Kier molecular flexibility index (Phi) is 6.85. The second kappa shape index (κ2) is 9.64. The summed E-state index contributed by atoms with van der Waals surface area (Å²) in [5.74, 6) is 0.176. The number of aryl methyl sites for hydroxylation is 1. The zero-order valence-electron chi connectivity index (χ0n) is 17.3. The molecule has 1 saturated carbocycles. The van der Waals surface area contributed by atoms with Crippen LogP contribution in [0, 0.1) is 0 Å². The van der Waals surface area contributed by atoms with E-state index in [-0.39, 0.29) is 31.4 Å². The van der Waals surface area contributed by atoms with E-state index in [4.69, 9.17) is 27.9 Å². The van der Waals surface area contributed by atoms with Gasteiger partial charge in [0, 0.05) is 35.9 Å². The van der Waals surface area contributed by atoms with Crippen LogP contribution in [-0.4, -0.2) is 32.0 Å². The van der Waals surface area contributed by atoms with E-state index < -0.39 is 17.8 Å². The third kappa shape index (κ3) is 6.00. The molecular formula is C21H20Cl2F3N5O2. The summed E-state index contributed by atoms with van der Waals surface area (Å²) < 4.78 is 47.3. The maximum absolute atomic E-state index is 13.0. The lowest BCUT2D eigenvalue weighted by Crippen LogP contribution is -2.26. The van der Waals surface area contributed by atoms with Gasteiger partial charge >= 0.3 is 6.18 Å². The Morgan fingerprint density at radius 2 is 1.97 bits per heavy atom. The standard InChI is InChI=1S/C21H20Cl2F3N5O2/c22-14-4-5-18(15(23)10-14)33-12-30-9-6-16(28-30)20(32)27-7-1-8-31-17(13-2-3-13)11-19(29-31)21(24,25)26/h4-6,9-11,13H,1-3,7-8,12H2,(H,27,32). The molecule has 33 heavy (non-hydrogen) atoms. The van der Waals surface area contributed by atoms with Crippen molar-refractivity contribution in [2.45, 2.75) is 44.6 Å². The van der Waals surface area contributed by atoms with Crippen LogP contribution < -0.4 is 10.1 Å². The van der Waals surface area contributed by atoms with Crippen molar-refractivity contribution in [2.24, 2.45) is 0 Å². The van der Waals surface area contributed by atoms with E-state index in [9.17, 15) is 18.0 Å². The highest BCUT2D eigenvalue weighted by Crippen LogP contribution is 2.42. The van der Waals surface area contributed by atoms with Gasteiger partial charge in [0.2, 0.25) is 0 Å². The molecule has 7 nitrogen and oxygen atoms in total. The Labute approximate surface area is 197 Å². The van der Waals surface area contributed by atoms with Crippen LogP contribution >= 0.6 is 23.2 Å². The summed E-state index contributed by atoms with van der Waals surface area (Å²) in [6.45, 7) is 0.597. The first-order valence-electron chi connectivity index (χ1n) is 10.2. The number of alkyl halides is 3. The Bertz CT molecular complexity index is 1140. The molecule has 1 fully saturated rings. The second-order valence-electron chi connectivity index (χ2n) is 7.65. The third-order valence-corrected chi connectivity index (χ3v) is 5.58. The molecule has 1 aliphatic carbocycles. The van der Waals surface area contributed by atoms with Gasteiger partial charge in [0.15, 0.2) is 12.4 Å². The largest absolute Gasteiger partial charge is 0.470 e. The average molecular weight is 502 g/mol. The van der Waals surface area contributed by atoms with Crippen LogP contribution in [0.3, 0.4) is 0 Å². The molecule has 0 radical (unpaired) electrons. The SMILES string of the molecule is O=C(NCCCn1nc(C(F)(F)F)cc1C1CC1)c1ccn(COc2ccc(Cl)cc2Cl)n1. The molecule has 0 unspecified atom stereocenters. The van der Waals surface area contributed by atoms with Gasteiger partial charge in [0.05, 0.1) is 5.02 Å². The number of hydrogen-bond donors (Lipinski definition) is 1. The number of benzene rings is 1. The molecule has 4 rings (SSSR count). The van der Waals surface area contributed by atoms with Gasteiger partial charge in [-0.2, -0.15) is 23.4 Å². The summed E-state index contributed by atoms with van der Waals surface area (Å²) in [6, 6.07) is 7.50. The van der Waals surface area contributed by atoms with Gasteiger partial charge < -0.3 is 10.1 Å². The first-order valence-corrected chi connectivity index (χ1v) is 11.0. The number of nitrogens with zero attached hydrogens (tertiary/aromatic N) is 4. The first-order chi connectivity index (χ1) is 15.7. The Hall–Kier alpha value is -2.72. The zero-order chi connectivity index (χ0) is 23.6. The number of amides is 1. The molecule has 0 atom stereocenters. The van der Waals surface area contributed by atoms with Crippen molar-refractivity contribution < 1.29 is 22.7 Å². The van der Waals surface area contributed by atoms with Crippen molar-refractivity contribution in [3.05, 3.63) is 63.7 Å². The van der Waals surface area contributed by atoms with Crippen molar-refractivity contribution in [2.75, 3.05) is 6.54 Å². The number of ether oxygens (including phenoxy) is 1. The number of nitrogens with one attached hydrogen (secondary N) is 1. The van der Waals surface area contributed by atoms with E-state index in [2.05, 4.69) is 15.5 Å². The minimum Gasteiger partial charge on any atom is -0.470 e. The van der Waals surface area contributed by atoms with Gasteiger partial charge in [-0.15, -0.1) is 0 Å². The third-order valence-electron chi connectivity index (χ3n) is 5.05. The molecule has 12 heteroatoms. The van der Waals surface area contributed by atoms with Crippen LogP contribution in [-0.2, 0) is 19.5 Å². The maximum Gasteiger partial charge on any atom is 0.435 e. The average Bonchev–Trinajstić information content (AvgIpc) is 3.31. The molecule has 0 saturated heterocycles. The molecule has 176 valence electrons. The fourth-order valence-electron chi connectivity index (χ4n) is 3.26. The Balaban J connectivity index is 1.25. The molecule has 1 aromatic carbocycles.